The van der Waals surface area contributed by atoms with Gasteiger partial charge < -0.3 is 15.0 Å². The molecule has 1 saturated heterocycles. The predicted molar refractivity (Wildman–Crippen MR) is 114 cm³/mol. The predicted octanol–water partition coefficient (Wildman–Crippen LogP) is 4.10. The van der Waals surface area contributed by atoms with E-state index >= 15 is 0 Å². The number of aromatic nitrogens is 1. The van der Waals surface area contributed by atoms with E-state index in [-0.39, 0.29) is 24.4 Å². The van der Waals surface area contributed by atoms with Crippen LogP contribution in [-0.2, 0) is 11.3 Å². The highest BCUT2D eigenvalue weighted by Gasteiger charge is 2.29. The zero-order valence-corrected chi connectivity index (χ0v) is 17.6. The van der Waals surface area contributed by atoms with E-state index < -0.39 is 6.10 Å². The molecule has 2 unspecified atom stereocenters. The van der Waals surface area contributed by atoms with Gasteiger partial charge in [-0.25, -0.2) is 0 Å². The maximum atomic E-state index is 13.3. The number of amides is 1. The summed E-state index contributed by atoms with van der Waals surface area (Å²) in [5, 5.41) is 4.00. The molecule has 1 amide bonds. The van der Waals surface area contributed by atoms with Gasteiger partial charge in [0.05, 0.1) is 12.2 Å². The zero-order chi connectivity index (χ0) is 19.1. The van der Waals surface area contributed by atoms with Gasteiger partial charge in [0.25, 0.3) is 5.91 Å². The molecule has 0 radical (unpaired) electrons. The fourth-order valence-corrected chi connectivity index (χ4v) is 3.57. The summed E-state index contributed by atoms with van der Waals surface area (Å²) >= 11 is 6.03. The molecular weight excluding hydrogens is 397 g/mol. The molecule has 1 aliphatic heterocycles. The largest absolute Gasteiger partial charge is 0.481 e. The number of nitrogens with zero attached hydrogens (tertiary/aromatic N) is 2. The summed E-state index contributed by atoms with van der Waals surface area (Å²) < 4.78 is 5.89. The van der Waals surface area contributed by atoms with E-state index in [0.717, 1.165) is 38.0 Å². The standard InChI is InChI=1S/C21H26ClN3O2.ClH/c1-16(27-20-9-4-6-17(22)14-20)21(26)25(15-18-7-2-3-12-24-18)19-8-5-11-23-13-10-19;/h2-4,6-7,9,12,14,16,19,23H,5,8,10-11,13,15H2,1H3;1H. The van der Waals surface area contributed by atoms with E-state index in [1.165, 1.54) is 0 Å². The molecular formula is C21H27Cl2N3O2. The molecule has 28 heavy (non-hydrogen) atoms. The smallest absolute Gasteiger partial charge is 0.263 e. The second kappa shape index (κ2) is 11.2. The Hall–Kier alpha value is -1.82. The van der Waals surface area contributed by atoms with Crippen LogP contribution in [0.25, 0.3) is 0 Å². The van der Waals surface area contributed by atoms with Crippen LogP contribution in [0.5, 0.6) is 5.75 Å². The lowest BCUT2D eigenvalue weighted by Gasteiger charge is -2.33. The first-order chi connectivity index (χ1) is 13.1. The van der Waals surface area contributed by atoms with Crippen molar-refractivity contribution in [1.82, 2.24) is 15.2 Å². The van der Waals surface area contributed by atoms with Crippen molar-refractivity contribution in [2.75, 3.05) is 13.1 Å². The van der Waals surface area contributed by atoms with Crippen molar-refractivity contribution in [1.29, 1.82) is 0 Å². The zero-order valence-electron chi connectivity index (χ0n) is 16.0. The van der Waals surface area contributed by atoms with E-state index in [4.69, 9.17) is 16.3 Å². The van der Waals surface area contributed by atoms with Crippen LogP contribution in [0.15, 0.2) is 48.7 Å². The molecule has 0 saturated carbocycles. The number of nitrogens with one attached hydrogen (secondary N) is 1. The molecule has 7 heteroatoms. The van der Waals surface area contributed by atoms with Crippen molar-refractivity contribution in [3.8, 4) is 5.75 Å². The third-order valence-corrected chi connectivity index (χ3v) is 5.02. The Labute approximate surface area is 177 Å². The number of pyridine rings is 1. The molecule has 0 spiro atoms. The summed E-state index contributed by atoms with van der Waals surface area (Å²) in [5.74, 6) is 0.580. The molecule has 1 aliphatic rings. The maximum Gasteiger partial charge on any atom is 0.263 e. The molecule has 152 valence electrons. The number of hydrogen-bond acceptors (Lipinski definition) is 4. The molecule has 1 N–H and O–H groups in total. The average Bonchev–Trinajstić information content (AvgIpc) is 2.96. The van der Waals surface area contributed by atoms with Crippen molar-refractivity contribution < 1.29 is 9.53 Å². The SMILES string of the molecule is CC(Oc1cccc(Cl)c1)C(=O)N(Cc1ccccn1)C1CCCNCC1.Cl. The van der Waals surface area contributed by atoms with Crippen molar-refractivity contribution in [3.63, 3.8) is 0 Å². The van der Waals surface area contributed by atoms with Gasteiger partial charge in [0.15, 0.2) is 6.10 Å². The van der Waals surface area contributed by atoms with Gasteiger partial charge in [-0.1, -0.05) is 23.7 Å². The first-order valence-electron chi connectivity index (χ1n) is 9.47. The molecule has 2 atom stereocenters. The number of carbonyl (C=O) groups is 1. The summed E-state index contributed by atoms with van der Waals surface area (Å²) in [6, 6.07) is 13.1. The monoisotopic (exact) mass is 423 g/mol. The third kappa shape index (κ3) is 6.36. The second-order valence-electron chi connectivity index (χ2n) is 6.84. The Morgan fingerprint density at radius 3 is 2.89 bits per heavy atom. The minimum absolute atomic E-state index is 0. The highest BCUT2D eigenvalue weighted by atomic mass is 35.5. The summed E-state index contributed by atoms with van der Waals surface area (Å²) in [7, 11) is 0. The molecule has 3 rings (SSSR count). The third-order valence-electron chi connectivity index (χ3n) is 4.78. The van der Waals surface area contributed by atoms with E-state index in [2.05, 4.69) is 10.3 Å². The van der Waals surface area contributed by atoms with Gasteiger partial charge in [0.2, 0.25) is 0 Å². The fraction of sp³-hybridized carbons (Fsp3) is 0.429. The number of ether oxygens (including phenoxy) is 1. The highest BCUT2D eigenvalue weighted by molar-refractivity contribution is 6.30. The van der Waals surface area contributed by atoms with E-state index in [9.17, 15) is 4.79 Å². The van der Waals surface area contributed by atoms with Crippen molar-refractivity contribution in [2.45, 2.75) is 44.9 Å². The Bertz CT molecular complexity index is 737. The number of rotatable bonds is 6. The molecule has 0 bridgehead atoms. The molecule has 1 fully saturated rings. The quantitative estimate of drug-likeness (QED) is 0.759. The topological polar surface area (TPSA) is 54.5 Å². The Morgan fingerprint density at radius 2 is 2.14 bits per heavy atom. The van der Waals surface area contributed by atoms with Gasteiger partial charge in [-0.15, -0.1) is 12.4 Å². The highest BCUT2D eigenvalue weighted by Crippen LogP contribution is 2.21. The Kier molecular flexibility index (Phi) is 9.03. The van der Waals surface area contributed by atoms with Gasteiger partial charge in [-0.2, -0.15) is 0 Å². The van der Waals surface area contributed by atoms with Gasteiger partial charge in [-0.3, -0.25) is 9.78 Å². The van der Waals surface area contributed by atoms with Crippen LogP contribution >= 0.6 is 24.0 Å². The number of benzene rings is 1. The van der Waals surface area contributed by atoms with E-state index in [1.54, 1.807) is 25.3 Å². The van der Waals surface area contributed by atoms with Crippen molar-refractivity contribution in [3.05, 3.63) is 59.4 Å². The average molecular weight is 424 g/mol. The molecule has 5 nitrogen and oxygen atoms in total. The number of halogens is 2. The lowest BCUT2D eigenvalue weighted by atomic mass is 10.1. The summed E-state index contributed by atoms with van der Waals surface area (Å²) in [6.07, 6.45) is 4.14. The van der Waals surface area contributed by atoms with Crippen LogP contribution in [0.1, 0.15) is 31.9 Å². The van der Waals surface area contributed by atoms with E-state index in [1.807, 2.05) is 35.2 Å². The molecule has 2 aromatic rings. The van der Waals surface area contributed by atoms with Gasteiger partial charge in [-0.05, 0) is 69.6 Å². The van der Waals surface area contributed by atoms with Gasteiger partial charge in [0.1, 0.15) is 5.75 Å². The number of carbonyl (C=O) groups excluding carboxylic acids is 1. The van der Waals surface area contributed by atoms with Gasteiger partial charge >= 0.3 is 0 Å². The molecule has 2 heterocycles. The molecule has 1 aromatic heterocycles. The maximum absolute atomic E-state index is 13.3. The van der Waals surface area contributed by atoms with Crippen LogP contribution in [0.4, 0.5) is 0 Å². The second-order valence-corrected chi connectivity index (χ2v) is 7.28. The minimum atomic E-state index is -0.594. The minimum Gasteiger partial charge on any atom is -0.481 e. The number of hydrogen-bond donors (Lipinski definition) is 1. The lowest BCUT2D eigenvalue weighted by Crippen LogP contribution is -2.46. The van der Waals surface area contributed by atoms with Crippen LogP contribution in [0, 0.1) is 0 Å². The van der Waals surface area contributed by atoms with Crippen molar-refractivity contribution in [2.24, 2.45) is 0 Å². The van der Waals surface area contributed by atoms with Crippen LogP contribution in [0.3, 0.4) is 0 Å². The van der Waals surface area contributed by atoms with Gasteiger partial charge in [0, 0.05) is 17.3 Å². The van der Waals surface area contributed by atoms with Crippen molar-refractivity contribution >= 4 is 29.9 Å². The summed E-state index contributed by atoms with van der Waals surface area (Å²) in [6.45, 7) is 4.20. The molecule has 1 aromatic carbocycles. The summed E-state index contributed by atoms with van der Waals surface area (Å²) in [4.78, 5) is 19.6. The summed E-state index contributed by atoms with van der Waals surface area (Å²) in [5.41, 5.74) is 0.887. The lowest BCUT2D eigenvalue weighted by molar-refractivity contribution is -0.141. The van der Waals surface area contributed by atoms with E-state index in [0.29, 0.717) is 17.3 Å². The fourth-order valence-electron chi connectivity index (χ4n) is 3.39. The molecule has 0 aliphatic carbocycles. The van der Waals surface area contributed by atoms with Crippen LogP contribution < -0.4 is 10.1 Å². The first kappa shape index (κ1) is 22.5. The van der Waals surface area contributed by atoms with Crippen LogP contribution in [0.2, 0.25) is 5.02 Å². The van der Waals surface area contributed by atoms with Crippen LogP contribution in [-0.4, -0.2) is 41.0 Å². The first-order valence-corrected chi connectivity index (χ1v) is 9.84. The Balaban J connectivity index is 0.00000280. The normalized spacial score (nSPS) is 17.7. The Morgan fingerprint density at radius 1 is 1.29 bits per heavy atom.